The van der Waals surface area contributed by atoms with E-state index in [1.165, 1.54) is 0 Å². The van der Waals surface area contributed by atoms with Crippen LogP contribution in [-0.2, 0) is 19.1 Å². The lowest BCUT2D eigenvalue weighted by Gasteiger charge is -2.30. The predicted molar refractivity (Wildman–Crippen MR) is 132 cm³/mol. The average Bonchev–Trinajstić information content (AvgIpc) is 3.38. The molecule has 3 aromatic rings. The fourth-order valence-corrected chi connectivity index (χ4v) is 4.01. The summed E-state index contributed by atoms with van der Waals surface area (Å²) in [5, 5.41) is 7.26. The third kappa shape index (κ3) is 4.96. The van der Waals surface area contributed by atoms with Gasteiger partial charge in [0, 0.05) is 23.7 Å². The molecule has 8 heteroatoms. The number of benzene rings is 2. The monoisotopic (exact) mass is 473 g/mol. The first-order chi connectivity index (χ1) is 17.1. The second-order valence-electron chi connectivity index (χ2n) is 7.71. The number of ether oxygens (including phenoxy) is 3. The van der Waals surface area contributed by atoms with Crippen molar-refractivity contribution >= 4 is 17.6 Å². The maximum atomic E-state index is 13.2. The summed E-state index contributed by atoms with van der Waals surface area (Å²) in [6, 6.07) is 16.9. The molecule has 0 amide bonds. The molecule has 2 aromatic carbocycles. The van der Waals surface area contributed by atoms with E-state index in [9.17, 15) is 9.59 Å². The molecular weight excluding hydrogens is 446 g/mol. The van der Waals surface area contributed by atoms with Crippen LogP contribution >= 0.6 is 0 Å². The third-order valence-electron chi connectivity index (χ3n) is 5.61. The number of carbonyl (C=O) groups excluding carboxylic acids is 2. The third-order valence-corrected chi connectivity index (χ3v) is 5.61. The lowest BCUT2D eigenvalue weighted by Crippen LogP contribution is -2.29. The molecule has 180 valence electrons. The van der Waals surface area contributed by atoms with E-state index in [4.69, 9.17) is 14.2 Å². The second kappa shape index (κ2) is 10.7. The van der Waals surface area contributed by atoms with Crippen molar-refractivity contribution in [2.75, 3.05) is 25.2 Å². The molecule has 0 spiro atoms. The number of carbonyl (C=O) groups is 2. The highest BCUT2D eigenvalue weighted by molar-refractivity contribution is 6.00. The smallest absolute Gasteiger partial charge is 0.336 e. The maximum Gasteiger partial charge on any atom is 0.336 e. The Labute approximate surface area is 203 Å². The summed E-state index contributed by atoms with van der Waals surface area (Å²) in [7, 11) is 1.59. The van der Waals surface area contributed by atoms with Gasteiger partial charge < -0.3 is 19.1 Å². The molecule has 4 rings (SSSR count). The van der Waals surface area contributed by atoms with Crippen LogP contribution in [0.3, 0.4) is 0 Å². The Morgan fingerprint density at radius 2 is 1.51 bits per heavy atom. The SMILES string of the molecule is CCOC(=O)C1=CN(c2ccc(OC)cc2)C=C(C(=O)OCC)C1c1cn[nH]c1-c1ccccc1. The number of methoxy groups -OCH3 is 1. The highest BCUT2D eigenvalue weighted by Crippen LogP contribution is 2.41. The fraction of sp³-hybridized carbons (Fsp3) is 0.222. The van der Waals surface area contributed by atoms with E-state index >= 15 is 0 Å². The van der Waals surface area contributed by atoms with Gasteiger partial charge in [0.1, 0.15) is 5.75 Å². The molecule has 0 atom stereocenters. The first-order valence-electron chi connectivity index (χ1n) is 11.4. The Kier molecular flexibility index (Phi) is 7.30. The first kappa shape index (κ1) is 23.8. The first-order valence-corrected chi connectivity index (χ1v) is 11.4. The number of hydrogen-bond acceptors (Lipinski definition) is 7. The van der Waals surface area contributed by atoms with Gasteiger partial charge in [-0.25, -0.2) is 9.59 Å². The summed E-state index contributed by atoms with van der Waals surface area (Å²) in [5.74, 6) is -1.09. The van der Waals surface area contributed by atoms with Gasteiger partial charge in [0.05, 0.1) is 49.3 Å². The van der Waals surface area contributed by atoms with Crippen molar-refractivity contribution in [3.05, 3.63) is 89.9 Å². The van der Waals surface area contributed by atoms with Gasteiger partial charge in [-0.3, -0.25) is 5.10 Å². The van der Waals surface area contributed by atoms with Gasteiger partial charge in [-0.05, 0) is 43.7 Å². The Hall–Kier alpha value is -4.33. The van der Waals surface area contributed by atoms with Crippen molar-refractivity contribution in [2.45, 2.75) is 19.8 Å². The number of aromatic nitrogens is 2. The molecule has 1 N–H and O–H groups in total. The van der Waals surface area contributed by atoms with Crippen LogP contribution in [0, 0.1) is 0 Å². The minimum atomic E-state index is -0.739. The van der Waals surface area contributed by atoms with Crippen LogP contribution in [0.4, 0.5) is 5.69 Å². The summed E-state index contributed by atoms with van der Waals surface area (Å²) < 4.78 is 16.1. The van der Waals surface area contributed by atoms with Crippen LogP contribution in [0.2, 0.25) is 0 Å². The minimum Gasteiger partial charge on any atom is -0.497 e. The van der Waals surface area contributed by atoms with Crippen LogP contribution in [-0.4, -0.2) is 42.5 Å². The number of aromatic amines is 1. The van der Waals surface area contributed by atoms with E-state index in [0.29, 0.717) is 28.2 Å². The molecule has 0 aliphatic carbocycles. The van der Waals surface area contributed by atoms with Crippen molar-refractivity contribution < 1.29 is 23.8 Å². The van der Waals surface area contributed by atoms with Gasteiger partial charge in [-0.15, -0.1) is 0 Å². The van der Waals surface area contributed by atoms with Crippen LogP contribution in [0.25, 0.3) is 11.3 Å². The fourth-order valence-electron chi connectivity index (χ4n) is 4.01. The zero-order valence-corrected chi connectivity index (χ0v) is 19.9. The topological polar surface area (TPSA) is 93.8 Å². The summed E-state index contributed by atoms with van der Waals surface area (Å²) in [5.41, 5.74) is 3.59. The molecule has 0 fully saturated rings. The maximum absolute atomic E-state index is 13.2. The second-order valence-corrected chi connectivity index (χ2v) is 7.71. The van der Waals surface area contributed by atoms with Crippen LogP contribution < -0.4 is 9.64 Å². The van der Waals surface area contributed by atoms with E-state index in [1.54, 1.807) is 56.6 Å². The highest BCUT2D eigenvalue weighted by Gasteiger charge is 2.38. The lowest BCUT2D eigenvalue weighted by molar-refractivity contribution is -0.139. The van der Waals surface area contributed by atoms with E-state index in [0.717, 1.165) is 11.3 Å². The quantitative estimate of drug-likeness (QED) is 0.479. The van der Waals surface area contributed by atoms with E-state index in [2.05, 4.69) is 10.2 Å². The molecule has 35 heavy (non-hydrogen) atoms. The Bertz CT molecular complexity index is 1210. The molecular formula is C27H27N3O5. The Balaban J connectivity index is 1.87. The van der Waals surface area contributed by atoms with E-state index < -0.39 is 17.9 Å². The standard InChI is InChI=1S/C27H27N3O5/c1-4-34-26(31)22-16-30(19-11-13-20(33-3)14-12-19)17-23(27(32)35-5-2)24(22)21-15-28-29-25(21)18-9-7-6-8-10-18/h6-17,24H,4-5H2,1-3H3,(H,28,29). The Morgan fingerprint density at radius 3 is 2.06 bits per heavy atom. The number of H-pyrrole nitrogens is 1. The van der Waals surface area contributed by atoms with Crippen LogP contribution in [0.5, 0.6) is 5.75 Å². The van der Waals surface area contributed by atoms with E-state index in [1.807, 2.05) is 42.5 Å². The summed E-state index contributed by atoms with van der Waals surface area (Å²) in [6.07, 6.45) is 5.01. The number of anilines is 1. The molecule has 1 aliphatic rings. The number of esters is 2. The molecule has 0 saturated heterocycles. The number of hydrogen-bond donors (Lipinski definition) is 1. The average molecular weight is 474 g/mol. The molecule has 1 aliphatic heterocycles. The zero-order chi connectivity index (χ0) is 24.8. The van der Waals surface area contributed by atoms with Gasteiger partial charge in [0.15, 0.2) is 0 Å². The number of nitrogens with zero attached hydrogens (tertiary/aromatic N) is 2. The zero-order valence-electron chi connectivity index (χ0n) is 19.9. The van der Waals surface area contributed by atoms with Gasteiger partial charge in [0.2, 0.25) is 0 Å². The van der Waals surface area contributed by atoms with Gasteiger partial charge >= 0.3 is 11.9 Å². The number of rotatable bonds is 8. The molecule has 2 heterocycles. The van der Waals surface area contributed by atoms with Gasteiger partial charge in [-0.1, -0.05) is 30.3 Å². The van der Waals surface area contributed by atoms with Gasteiger partial charge in [0.25, 0.3) is 0 Å². The van der Waals surface area contributed by atoms with Crippen molar-refractivity contribution in [3.63, 3.8) is 0 Å². The lowest BCUT2D eigenvalue weighted by atomic mass is 9.82. The summed E-state index contributed by atoms with van der Waals surface area (Å²) in [6.45, 7) is 3.88. The number of nitrogens with one attached hydrogen (secondary N) is 1. The van der Waals surface area contributed by atoms with E-state index in [-0.39, 0.29) is 13.2 Å². The van der Waals surface area contributed by atoms with Crippen molar-refractivity contribution in [3.8, 4) is 17.0 Å². The van der Waals surface area contributed by atoms with Crippen molar-refractivity contribution in [1.82, 2.24) is 10.2 Å². The van der Waals surface area contributed by atoms with Crippen LogP contribution in [0.1, 0.15) is 25.3 Å². The normalized spacial score (nSPS) is 13.6. The molecule has 0 bridgehead atoms. The minimum absolute atomic E-state index is 0.195. The molecule has 0 unspecified atom stereocenters. The molecule has 8 nitrogen and oxygen atoms in total. The summed E-state index contributed by atoms with van der Waals surface area (Å²) in [4.78, 5) is 28.1. The largest absolute Gasteiger partial charge is 0.497 e. The van der Waals surface area contributed by atoms with Crippen molar-refractivity contribution in [2.24, 2.45) is 0 Å². The van der Waals surface area contributed by atoms with Crippen LogP contribution in [0.15, 0.2) is 84.3 Å². The highest BCUT2D eigenvalue weighted by atomic mass is 16.5. The Morgan fingerprint density at radius 1 is 0.914 bits per heavy atom. The molecule has 1 aromatic heterocycles. The molecule has 0 saturated carbocycles. The van der Waals surface area contributed by atoms with Crippen molar-refractivity contribution in [1.29, 1.82) is 0 Å². The molecule has 0 radical (unpaired) electrons. The predicted octanol–water partition coefficient (Wildman–Crippen LogP) is 4.58. The van der Waals surface area contributed by atoms with Gasteiger partial charge in [-0.2, -0.15) is 5.10 Å². The summed E-state index contributed by atoms with van der Waals surface area (Å²) >= 11 is 0.